The molecule has 0 radical (unpaired) electrons. The van der Waals surface area contributed by atoms with Crippen molar-refractivity contribution in [1.29, 1.82) is 0 Å². The second-order valence-electron chi connectivity index (χ2n) is 5.59. The Labute approximate surface area is 143 Å². The van der Waals surface area contributed by atoms with Crippen molar-refractivity contribution in [2.24, 2.45) is 0 Å². The Balaban J connectivity index is 1.85. The molecular formula is C17H27N3O4. The van der Waals surface area contributed by atoms with Crippen LogP contribution in [0, 0.1) is 0 Å². The minimum Gasteiger partial charge on any atom is -0.493 e. The lowest BCUT2D eigenvalue weighted by atomic mass is 10.2. The number of benzene rings is 1. The highest BCUT2D eigenvalue weighted by atomic mass is 16.5. The molecule has 24 heavy (non-hydrogen) atoms. The van der Waals surface area contributed by atoms with Crippen molar-refractivity contribution in [1.82, 2.24) is 10.2 Å². The number of ether oxygens (including phenoxy) is 3. The number of hydrogen-bond donors (Lipinski definition) is 1. The van der Waals surface area contributed by atoms with Crippen LogP contribution in [0.2, 0.25) is 0 Å². The second-order valence-corrected chi connectivity index (χ2v) is 5.59. The van der Waals surface area contributed by atoms with Crippen LogP contribution in [0.4, 0.5) is 10.5 Å². The average Bonchev–Trinajstić information content (AvgIpc) is 2.64. The number of anilines is 1. The molecule has 1 fully saturated rings. The Morgan fingerprint density at radius 2 is 1.79 bits per heavy atom. The van der Waals surface area contributed by atoms with Gasteiger partial charge in [0.1, 0.15) is 0 Å². The molecule has 1 aromatic rings. The first-order valence-corrected chi connectivity index (χ1v) is 8.18. The largest absolute Gasteiger partial charge is 0.493 e. The number of urea groups is 1. The van der Waals surface area contributed by atoms with Gasteiger partial charge in [-0.25, -0.2) is 4.79 Å². The van der Waals surface area contributed by atoms with Gasteiger partial charge in [-0.2, -0.15) is 0 Å². The van der Waals surface area contributed by atoms with E-state index in [9.17, 15) is 4.79 Å². The van der Waals surface area contributed by atoms with Crippen LogP contribution >= 0.6 is 0 Å². The number of methoxy groups -OCH3 is 3. The smallest absolute Gasteiger partial charge is 0.317 e. The van der Waals surface area contributed by atoms with Crippen LogP contribution in [0.15, 0.2) is 18.2 Å². The van der Waals surface area contributed by atoms with E-state index in [-0.39, 0.29) is 6.03 Å². The Morgan fingerprint density at radius 3 is 2.42 bits per heavy atom. The number of nitrogens with one attached hydrogen (secondary N) is 1. The Kier molecular flexibility index (Phi) is 6.99. The number of carbonyl (C=O) groups excluding carboxylic acids is 1. The number of nitrogens with zero attached hydrogens (tertiary/aromatic N) is 2. The predicted molar refractivity (Wildman–Crippen MR) is 93.2 cm³/mol. The van der Waals surface area contributed by atoms with Crippen molar-refractivity contribution in [3.8, 4) is 11.5 Å². The third-order valence-corrected chi connectivity index (χ3v) is 4.10. The van der Waals surface area contributed by atoms with Crippen molar-refractivity contribution in [2.45, 2.75) is 6.42 Å². The van der Waals surface area contributed by atoms with E-state index in [0.717, 1.165) is 30.9 Å². The zero-order valence-corrected chi connectivity index (χ0v) is 14.7. The molecule has 0 bridgehead atoms. The zero-order valence-electron chi connectivity index (χ0n) is 14.7. The molecular weight excluding hydrogens is 310 g/mol. The number of amides is 2. The first-order valence-electron chi connectivity index (χ1n) is 8.18. The van der Waals surface area contributed by atoms with Crippen LogP contribution < -0.4 is 19.7 Å². The summed E-state index contributed by atoms with van der Waals surface area (Å²) in [6.45, 7) is 4.28. The predicted octanol–water partition coefficient (Wildman–Crippen LogP) is 1.57. The highest BCUT2D eigenvalue weighted by Crippen LogP contribution is 2.31. The fourth-order valence-electron chi connectivity index (χ4n) is 2.71. The number of carbonyl (C=O) groups is 1. The van der Waals surface area contributed by atoms with Gasteiger partial charge in [0, 0.05) is 58.2 Å². The summed E-state index contributed by atoms with van der Waals surface area (Å²) in [6, 6.07) is 5.89. The van der Waals surface area contributed by atoms with Gasteiger partial charge in [-0.3, -0.25) is 0 Å². The summed E-state index contributed by atoms with van der Waals surface area (Å²) >= 11 is 0. The van der Waals surface area contributed by atoms with Crippen molar-refractivity contribution >= 4 is 11.7 Å². The van der Waals surface area contributed by atoms with Crippen LogP contribution in [-0.4, -0.2) is 71.6 Å². The highest BCUT2D eigenvalue weighted by molar-refractivity contribution is 5.74. The van der Waals surface area contributed by atoms with E-state index in [4.69, 9.17) is 14.2 Å². The number of piperazine rings is 1. The first kappa shape index (κ1) is 18.2. The number of hydrogen-bond acceptors (Lipinski definition) is 5. The molecule has 1 aromatic carbocycles. The summed E-state index contributed by atoms with van der Waals surface area (Å²) in [6.07, 6.45) is 0.827. The summed E-state index contributed by atoms with van der Waals surface area (Å²) in [4.78, 5) is 16.2. The fraction of sp³-hybridized carbons (Fsp3) is 0.588. The molecule has 0 spiro atoms. The van der Waals surface area contributed by atoms with Crippen LogP contribution in [0.1, 0.15) is 6.42 Å². The fourth-order valence-corrected chi connectivity index (χ4v) is 2.71. The zero-order chi connectivity index (χ0) is 17.4. The standard InChI is InChI=1S/C17H27N3O4/c1-22-12-4-7-18-17(21)20-10-8-19(9-11-20)14-5-6-15(23-2)16(13-14)24-3/h5-6,13H,4,7-12H2,1-3H3,(H,18,21). The van der Waals surface area contributed by atoms with Gasteiger partial charge < -0.3 is 29.3 Å². The molecule has 1 aliphatic rings. The second kappa shape index (κ2) is 9.22. The molecule has 0 atom stereocenters. The first-order chi connectivity index (χ1) is 11.7. The molecule has 0 unspecified atom stereocenters. The monoisotopic (exact) mass is 337 g/mol. The van der Waals surface area contributed by atoms with Crippen LogP contribution in [-0.2, 0) is 4.74 Å². The van der Waals surface area contributed by atoms with Crippen LogP contribution in [0.25, 0.3) is 0 Å². The lowest BCUT2D eigenvalue weighted by molar-refractivity contribution is 0.183. The van der Waals surface area contributed by atoms with E-state index >= 15 is 0 Å². The summed E-state index contributed by atoms with van der Waals surface area (Å²) < 4.78 is 15.6. The SMILES string of the molecule is COCCCNC(=O)N1CCN(c2ccc(OC)c(OC)c2)CC1. The minimum atomic E-state index is -0.00179. The van der Waals surface area contributed by atoms with Crippen molar-refractivity contribution < 1.29 is 19.0 Å². The normalized spacial score (nSPS) is 14.5. The van der Waals surface area contributed by atoms with Crippen molar-refractivity contribution in [3.05, 3.63) is 18.2 Å². The van der Waals surface area contributed by atoms with E-state index in [1.807, 2.05) is 23.1 Å². The van der Waals surface area contributed by atoms with Gasteiger partial charge in [0.15, 0.2) is 11.5 Å². The molecule has 0 aliphatic carbocycles. The van der Waals surface area contributed by atoms with E-state index in [1.165, 1.54) is 0 Å². The Hall–Kier alpha value is -2.15. The van der Waals surface area contributed by atoms with Gasteiger partial charge in [0.2, 0.25) is 0 Å². The van der Waals surface area contributed by atoms with Gasteiger partial charge in [-0.1, -0.05) is 0 Å². The van der Waals surface area contributed by atoms with E-state index in [0.29, 0.717) is 32.0 Å². The van der Waals surface area contributed by atoms with Gasteiger partial charge in [-0.05, 0) is 18.6 Å². The summed E-state index contributed by atoms with van der Waals surface area (Å²) in [5, 5.41) is 2.93. The van der Waals surface area contributed by atoms with Crippen molar-refractivity contribution in [2.75, 3.05) is 65.6 Å². The molecule has 0 aromatic heterocycles. The molecule has 134 valence electrons. The third-order valence-electron chi connectivity index (χ3n) is 4.10. The highest BCUT2D eigenvalue weighted by Gasteiger charge is 2.21. The summed E-state index contributed by atoms with van der Waals surface area (Å²) in [5.41, 5.74) is 1.08. The van der Waals surface area contributed by atoms with Gasteiger partial charge in [0.25, 0.3) is 0 Å². The number of rotatable bonds is 7. The third kappa shape index (κ3) is 4.67. The maximum Gasteiger partial charge on any atom is 0.317 e. The van der Waals surface area contributed by atoms with Crippen LogP contribution in [0.5, 0.6) is 11.5 Å². The molecule has 2 rings (SSSR count). The maximum absolute atomic E-state index is 12.1. The Morgan fingerprint density at radius 1 is 1.08 bits per heavy atom. The molecule has 7 nitrogen and oxygen atoms in total. The molecule has 7 heteroatoms. The van der Waals surface area contributed by atoms with Gasteiger partial charge in [0.05, 0.1) is 14.2 Å². The van der Waals surface area contributed by atoms with Crippen molar-refractivity contribution in [3.63, 3.8) is 0 Å². The Bertz CT molecular complexity index is 531. The van der Waals surface area contributed by atoms with E-state index in [2.05, 4.69) is 10.2 Å². The summed E-state index contributed by atoms with van der Waals surface area (Å²) in [7, 11) is 4.92. The molecule has 1 saturated heterocycles. The molecule has 1 N–H and O–H groups in total. The molecule has 2 amide bonds. The van der Waals surface area contributed by atoms with E-state index in [1.54, 1.807) is 21.3 Å². The lowest BCUT2D eigenvalue weighted by Crippen LogP contribution is -2.52. The molecule has 1 aliphatic heterocycles. The lowest BCUT2D eigenvalue weighted by Gasteiger charge is -2.36. The topological polar surface area (TPSA) is 63.3 Å². The maximum atomic E-state index is 12.1. The van der Waals surface area contributed by atoms with Gasteiger partial charge >= 0.3 is 6.03 Å². The minimum absolute atomic E-state index is 0.00179. The average molecular weight is 337 g/mol. The van der Waals surface area contributed by atoms with E-state index < -0.39 is 0 Å². The summed E-state index contributed by atoms with van der Waals surface area (Å²) in [5.74, 6) is 1.43. The molecule has 0 saturated carbocycles. The molecule has 1 heterocycles. The quantitative estimate of drug-likeness (QED) is 0.765. The van der Waals surface area contributed by atoms with Gasteiger partial charge in [-0.15, -0.1) is 0 Å². The van der Waals surface area contributed by atoms with Crippen LogP contribution in [0.3, 0.4) is 0 Å².